The molecule has 0 N–H and O–H groups in total. The van der Waals surface area contributed by atoms with E-state index in [9.17, 15) is 22.4 Å². The molecule has 2 fully saturated rings. The quantitative estimate of drug-likeness (QED) is 0.446. The zero-order chi connectivity index (χ0) is 30.7. The molecule has 0 spiro atoms. The molecule has 0 radical (unpaired) electrons. The van der Waals surface area contributed by atoms with E-state index in [1.807, 2.05) is 6.92 Å². The van der Waals surface area contributed by atoms with Crippen molar-refractivity contribution in [3.63, 3.8) is 0 Å². The molecule has 2 aliphatic rings. The van der Waals surface area contributed by atoms with Crippen LogP contribution in [0.15, 0.2) is 53.4 Å². The minimum absolute atomic E-state index is 0.0646. The van der Waals surface area contributed by atoms with Gasteiger partial charge < -0.3 is 24.0 Å². The van der Waals surface area contributed by atoms with Gasteiger partial charge in [-0.25, -0.2) is 22.4 Å². The van der Waals surface area contributed by atoms with Crippen LogP contribution in [0.25, 0.3) is 0 Å². The van der Waals surface area contributed by atoms with Crippen LogP contribution in [-0.2, 0) is 19.5 Å². The van der Waals surface area contributed by atoms with E-state index < -0.39 is 45.7 Å². The lowest BCUT2D eigenvalue weighted by molar-refractivity contribution is 0.00101. The van der Waals surface area contributed by atoms with Gasteiger partial charge in [0.25, 0.3) is 0 Å². The summed E-state index contributed by atoms with van der Waals surface area (Å²) in [5, 5.41) is 0. The maximum atomic E-state index is 14.2. The second-order valence-electron chi connectivity index (χ2n) is 11.7. The van der Waals surface area contributed by atoms with Crippen molar-refractivity contribution < 1.29 is 36.6 Å². The van der Waals surface area contributed by atoms with Crippen LogP contribution >= 0.6 is 0 Å². The third kappa shape index (κ3) is 7.33. The van der Waals surface area contributed by atoms with Crippen molar-refractivity contribution in [2.45, 2.75) is 75.6 Å². The summed E-state index contributed by atoms with van der Waals surface area (Å²) in [4.78, 5) is 28.8. The Kier molecular flexibility index (Phi) is 9.67. The molecule has 0 aliphatic carbocycles. The van der Waals surface area contributed by atoms with E-state index in [4.69, 9.17) is 14.2 Å². The Hall–Kier alpha value is -3.38. The summed E-state index contributed by atoms with van der Waals surface area (Å²) in [5.74, 6) is 0.0583. The Labute approximate surface area is 247 Å². The molecule has 2 heterocycles. The monoisotopic (exact) mass is 605 g/mol. The number of sulfonamides is 1. The summed E-state index contributed by atoms with van der Waals surface area (Å²) < 4.78 is 60.1. The van der Waals surface area contributed by atoms with Gasteiger partial charge in [-0.2, -0.15) is 4.31 Å². The number of amides is 2. The molecule has 10 nitrogen and oxygen atoms in total. The lowest BCUT2D eigenvalue weighted by Crippen LogP contribution is -2.56. The number of carbonyl (C=O) groups excluding carboxylic acids is 2. The van der Waals surface area contributed by atoms with Crippen LogP contribution in [0, 0.1) is 5.82 Å². The molecule has 2 amide bonds. The molecule has 230 valence electrons. The number of rotatable bonds is 6. The highest BCUT2D eigenvalue weighted by Crippen LogP contribution is 2.39. The summed E-state index contributed by atoms with van der Waals surface area (Å²) in [5.41, 5.74) is -0.0902. The molecule has 2 saturated heterocycles. The van der Waals surface area contributed by atoms with Gasteiger partial charge in [0.05, 0.1) is 30.1 Å². The Morgan fingerprint density at radius 3 is 2.36 bits per heavy atom. The van der Waals surface area contributed by atoms with Gasteiger partial charge in [-0.1, -0.05) is 12.1 Å². The minimum Gasteiger partial charge on any atom is -0.497 e. The molecular formula is C30H40FN3O7S. The molecule has 3 atom stereocenters. The highest BCUT2D eigenvalue weighted by atomic mass is 32.2. The van der Waals surface area contributed by atoms with Crippen LogP contribution in [0.1, 0.15) is 58.6 Å². The van der Waals surface area contributed by atoms with Crippen molar-refractivity contribution in [1.29, 1.82) is 0 Å². The molecule has 0 saturated carbocycles. The van der Waals surface area contributed by atoms with Gasteiger partial charge >= 0.3 is 12.2 Å². The molecule has 4 rings (SSSR count). The summed E-state index contributed by atoms with van der Waals surface area (Å²) >= 11 is 0. The molecule has 0 bridgehead atoms. The zero-order valence-electron chi connectivity index (χ0n) is 24.8. The van der Waals surface area contributed by atoms with Crippen LogP contribution in [0.4, 0.5) is 14.0 Å². The lowest BCUT2D eigenvalue weighted by atomic mass is 9.93. The van der Waals surface area contributed by atoms with Crippen molar-refractivity contribution in [2.75, 3.05) is 33.4 Å². The van der Waals surface area contributed by atoms with E-state index in [0.717, 1.165) is 0 Å². The van der Waals surface area contributed by atoms with Crippen molar-refractivity contribution in [2.24, 2.45) is 0 Å². The summed E-state index contributed by atoms with van der Waals surface area (Å²) in [6.07, 6.45) is 0.611. The Morgan fingerprint density at radius 2 is 1.74 bits per heavy atom. The average molecular weight is 606 g/mol. The number of hydrogen-bond donors (Lipinski definition) is 0. The molecule has 0 unspecified atom stereocenters. The molecular weight excluding hydrogens is 565 g/mol. The smallest absolute Gasteiger partial charge is 0.410 e. The highest BCUT2D eigenvalue weighted by Gasteiger charge is 2.42. The second kappa shape index (κ2) is 12.9. The van der Waals surface area contributed by atoms with Crippen LogP contribution < -0.4 is 4.74 Å². The number of hydrogen-bond acceptors (Lipinski definition) is 7. The van der Waals surface area contributed by atoms with Gasteiger partial charge in [-0.15, -0.1) is 0 Å². The number of piperidine rings is 1. The van der Waals surface area contributed by atoms with E-state index in [0.29, 0.717) is 30.6 Å². The largest absolute Gasteiger partial charge is 0.497 e. The minimum atomic E-state index is -4.07. The van der Waals surface area contributed by atoms with Gasteiger partial charge in [0, 0.05) is 19.6 Å². The summed E-state index contributed by atoms with van der Waals surface area (Å²) in [6, 6.07) is 10.4. The van der Waals surface area contributed by atoms with Gasteiger partial charge in [0.1, 0.15) is 23.8 Å². The van der Waals surface area contributed by atoms with E-state index in [2.05, 4.69) is 0 Å². The van der Waals surface area contributed by atoms with Crippen molar-refractivity contribution in [1.82, 2.24) is 14.1 Å². The number of halogens is 1. The summed E-state index contributed by atoms with van der Waals surface area (Å²) in [7, 11) is -2.57. The number of carbonyl (C=O) groups is 2. The SMILES string of the molecule is COc1ccc(S(=O)(=O)N2[C@@H](COC(=O)N3CCN(C(=O)OC(C)(C)C)C[C@@H]3C)CCC[C@H]2c2cccc(F)c2)cc1. The Morgan fingerprint density at radius 1 is 1.02 bits per heavy atom. The fourth-order valence-electron chi connectivity index (χ4n) is 5.44. The Bertz CT molecular complexity index is 1360. The van der Waals surface area contributed by atoms with Gasteiger partial charge in [-0.3, -0.25) is 0 Å². The predicted octanol–water partition coefficient (Wildman–Crippen LogP) is 5.20. The average Bonchev–Trinajstić information content (AvgIpc) is 2.94. The topological polar surface area (TPSA) is 106 Å². The number of piperazine rings is 1. The summed E-state index contributed by atoms with van der Waals surface area (Å²) in [6.45, 7) is 7.87. The van der Waals surface area contributed by atoms with E-state index in [1.165, 1.54) is 40.6 Å². The standard InChI is InChI=1S/C30H40FN3O7S/c1-21-19-32(28(35)41-30(2,3)4)16-17-33(21)29(36)40-20-24-10-7-11-27(22-8-6-9-23(31)18-22)34(24)42(37,38)26-14-12-25(39-5)13-15-26/h6,8-9,12-15,18,21,24,27H,7,10-11,16-17,19-20H2,1-5H3/t21-,24+,27-/m0/s1. The molecule has 2 aromatic rings. The normalized spacial score (nSPS) is 22.0. The first kappa shape index (κ1) is 31.6. The number of ether oxygens (including phenoxy) is 3. The number of methoxy groups -OCH3 is 1. The molecule has 0 aromatic heterocycles. The first-order chi connectivity index (χ1) is 19.8. The second-order valence-corrected chi connectivity index (χ2v) is 13.6. The van der Waals surface area contributed by atoms with Gasteiger partial charge in [0.2, 0.25) is 10.0 Å². The fourth-order valence-corrected chi connectivity index (χ4v) is 7.29. The number of nitrogens with zero attached hydrogens (tertiary/aromatic N) is 3. The van der Waals surface area contributed by atoms with E-state index in [-0.39, 0.29) is 37.2 Å². The first-order valence-electron chi connectivity index (χ1n) is 14.1. The molecule has 2 aliphatic heterocycles. The third-order valence-corrected chi connectivity index (χ3v) is 9.44. The molecule has 42 heavy (non-hydrogen) atoms. The maximum absolute atomic E-state index is 14.2. The van der Waals surface area contributed by atoms with E-state index in [1.54, 1.807) is 49.9 Å². The van der Waals surface area contributed by atoms with Crippen LogP contribution in [0.3, 0.4) is 0 Å². The van der Waals surface area contributed by atoms with Crippen molar-refractivity contribution in [3.8, 4) is 5.75 Å². The fraction of sp³-hybridized carbons (Fsp3) is 0.533. The maximum Gasteiger partial charge on any atom is 0.410 e. The first-order valence-corrected chi connectivity index (χ1v) is 15.6. The van der Waals surface area contributed by atoms with Crippen LogP contribution in [0.5, 0.6) is 5.75 Å². The highest BCUT2D eigenvalue weighted by molar-refractivity contribution is 7.89. The predicted molar refractivity (Wildman–Crippen MR) is 154 cm³/mol. The van der Waals surface area contributed by atoms with Crippen molar-refractivity contribution in [3.05, 3.63) is 59.9 Å². The molecule has 12 heteroatoms. The van der Waals surface area contributed by atoms with Crippen LogP contribution in [-0.4, -0.2) is 85.7 Å². The number of benzene rings is 2. The zero-order valence-corrected chi connectivity index (χ0v) is 25.6. The Balaban J connectivity index is 1.52. The third-order valence-electron chi connectivity index (χ3n) is 7.46. The molecule has 2 aromatic carbocycles. The van der Waals surface area contributed by atoms with Crippen molar-refractivity contribution >= 4 is 22.2 Å². The van der Waals surface area contributed by atoms with Gasteiger partial charge in [0.15, 0.2) is 0 Å². The lowest BCUT2D eigenvalue weighted by Gasteiger charge is -2.42. The van der Waals surface area contributed by atoms with E-state index >= 15 is 0 Å². The van der Waals surface area contributed by atoms with Gasteiger partial charge in [-0.05, 0) is 88.9 Å². The van der Waals surface area contributed by atoms with Crippen LogP contribution in [0.2, 0.25) is 0 Å².